The van der Waals surface area contributed by atoms with E-state index in [9.17, 15) is 4.39 Å². The summed E-state index contributed by atoms with van der Waals surface area (Å²) < 4.78 is 19.5. The number of benzene rings is 1. The van der Waals surface area contributed by atoms with Crippen molar-refractivity contribution in [3.63, 3.8) is 0 Å². The van der Waals surface area contributed by atoms with Crippen LogP contribution in [0.2, 0.25) is 0 Å². The maximum Gasteiger partial charge on any atom is 0.168 e. The van der Waals surface area contributed by atoms with E-state index in [0.29, 0.717) is 17.7 Å². The number of rotatable bonds is 6. The van der Waals surface area contributed by atoms with Crippen LogP contribution >= 0.6 is 0 Å². The number of hydrogen-bond acceptors (Lipinski definition) is 2. The summed E-state index contributed by atoms with van der Waals surface area (Å²) in [6.07, 6.45) is 6.27. The number of likely N-dealkylation sites (N-methyl/N-ethyl adjacent to an activating group) is 1. The summed E-state index contributed by atoms with van der Waals surface area (Å²) >= 11 is 0. The predicted octanol–water partition coefficient (Wildman–Crippen LogP) is 3.79. The molecule has 1 aromatic carbocycles. The van der Waals surface area contributed by atoms with E-state index in [4.69, 9.17) is 4.74 Å². The van der Waals surface area contributed by atoms with Gasteiger partial charge in [-0.1, -0.05) is 25.5 Å². The van der Waals surface area contributed by atoms with E-state index in [1.165, 1.54) is 32.8 Å². The molecule has 0 aliphatic heterocycles. The van der Waals surface area contributed by atoms with Gasteiger partial charge >= 0.3 is 0 Å². The van der Waals surface area contributed by atoms with Gasteiger partial charge in [0.05, 0.1) is 7.11 Å². The predicted molar refractivity (Wildman–Crippen MR) is 83.1 cm³/mol. The van der Waals surface area contributed by atoms with E-state index in [1.807, 2.05) is 12.1 Å². The molecule has 0 radical (unpaired) electrons. The molecule has 0 spiro atoms. The highest BCUT2D eigenvalue weighted by Crippen LogP contribution is 2.50. The lowest BCUT2D eigenvalue weighted by molar-refractivity contribution is 0.247. The standard InChI is InChI=1S/C18H26FNO/c1-3-20-16(15-10-12-7-8-13(15)9-12)11-14-5-4-6-17(21-2)18(14)19/h4-6,12-13,15-16,20H,3,7-11H2,1-2H3. The molecule has 2 aliphatic rings. The van der Waals surface area contributed by atoms with Crippen LogP contribution in [0.3, 0.4) is 0 Å². The fraction of sp³-hybridized carbons (Fsp3) is 0.667. The van der Waals surface area contributed by atoms with Crippen LogP contribution in [0.5, 0.6) is 5.75 Å². The lowest BCUT2D eigenvalue weighted by Crippen LogP contribution is -2.40. The average Bonchev–Trinajstić information content (AvgIpc) is 3.11. The van der Waals surface area contributed by atoms with Gasteiger partial charge in [0, 0.05) is 6.04 Å². The van der Waals surface area contributed by atoms with Crippen molar-refractivity contribution in [2.75, 3.05) is 13.7 Å². The zero-order chi connectivity index (χ0) is 14.8. The molecule has 4 unspecified atom stereocenters. The van der Waals surface area contributed by atoms with Crippen molar-refractivity contribution in [3.05, 3.63) is 29.6 Å². The number of nitrogens with one attached hydrogen (secondary N) is 1. The number of ether oxygens (including phenoxy) is 1. The second kappa shape index (κ2) is 6.35. The second-order valence-corrected chi connectivity index (χ2v) is 6.64. The first-order chi connectivity index (χ1) is 10.2. The molecular formula is C18H26FNO. The molecule has 0 aromatic heterocycles. The summed E-state index contributed by atoms with van der Waals surface area (Å²) in [5, 5.41) is 3.62. The van der Waals surface area contributed by atoms with Crippen molar-refractivity contribution < 1.29 is 9.13 Å². The number of halogens is 1. The molecule has 2 fully saturated rings. The van der Waals surface area contributed by atoms with Gasteiger partial charge < -0.3 is 10.1 Å². The minimum absolute atomic E-state index is 0.189. The van der Waals surface area contributed by atoms with Gasteiger partial charge in [0.1, 0.15) is 0 Å². The van der Waals surface area contributed by atoms with Crippen molar-refractivity contribution in [2.24, 2.45) is 17.8 Å². The quantitative estimate of drug-likeness (QED) is 0.861. The molecule has 2 nitrogen and oxygen atoms in total. The molecule has 2 bridgehead atoms. The van der Waals surface area contributed by atoms with E-state index in [-0.39, 0.29) is 5.82 Å². The Morgan fingerprint density at radius 1 is 1.33 bits per heavy atom. The smallest absolute Gasteiger partial charge is 0.168 e. The minimum Gasteiger partial charge on any atom is -0.494 e. The fourth-order valence-corrected chi connectivity index (χ4v) is 4.53. The van der Waals surface area contributed by atoms with E-state index in [0.717, 1.165) is 30.4 Å². The van der Waals surface area contributed by atoms with Gasteiger partial charge in [0.25, 0.3) is 0 Å². The lowest BCUT2D eigenvalue weighted by Gasteiger charge is -2.31. The summed E-state index contributed by atoms with van der Waals surface area (Å²) in [7, 11) is 1.53. The third-order valence-electron chi connectivity index (χ3n) is 5.48. The highest BCUT2D eigenvalue weighted by molar-refractivity contribution is 5.31. The summed E-state index contributed by atoms with van der Waals surface area (Å²) in [6.45, 7) is 3.09. The zero-order valence-electron chi connectivity index (χ0n) is 13.1. The monoisotopic (exact) mass is 291 g/mol. The van der Waals surface area contributed by atoms with Gasteiger partial charge in [0.2, 0.25) is 0 Å². The Labute approximate surface area is 127 Å². The molecule has 0 amide bonds. The minimum atomic E-state index is -0.189. The summed E-state index contributed by atoms with van der Waals surface area (Å²) in [4.78, 5) is 0. The van der Waals surface area contributed by atoms with Crippen molar-refractivity contribution in [1.82, 2.24) is 5.32 Å². The first-order valence-electron chi connectivity index (χ1n) is 8.27. The summed E-state index contributed by atoms with van der Waals surface area (Å²) in [5.41, 5.74) is 0.781. The van der Waals surface area contributed by atoms with E-state index >= 15 is 0 Å². The Hall–Kier alpha value is -1.09. The molecule has 4 atom stereocenters. The summed E-state index contributed by atoms with van der Waals surface area (Å²) in [5.74, 6) is 2.67. The van der Waals surface area contributed by atoms with Crippen LogP contribution in [-0.4, -0.2) is 19.7 Å². The highest BCUT2D eigenvalue weighted by atomic mass is 19.1. The maximum atomic E-state index is 14.4. The average molecular weight is 291 g/mol. The molecule has 21 heavy (non-hydrogen) atoms. The number of hydrogen-bond donors (Lipinski definition) is 1. The van der Waals surface area contributed by atoms with Crippen molar-refractivity contribution in [1.29, 1.82) is 0 Å². The van der Waals surface area contributed by atoms with Gasteiger partial charge in [-0.15, -0.1) is 0 Å². The SMILES string of the molecule is CCNC(Cc1cccc(OC)c1F)C1CC2CCC1C2. The van der Waals surface area contributed by atoms with Crippen LogP contribution in [0.25, 0.3) is 0 Å². The molecule has 0 heterocycles. The molecule has 1 N–H and O–H groups in total. The number of methoxy groups -OCH3 is 1. The maximum absolute atomic E-state index is 14.4. The Balaban J connectivity index is 1.76. The first kappa shape index (κ1) is 14.8. The second-order valence-electron chi connectivity index (χ2n) is 6.64. The normalized spacial score (nSPS) is 28.8. The Morgan fingerprint density at radius 2 is 2.19 bits per heavy atom. The van der Waals surface area contributed by atoms with Gasteiger partial charge in [0.15, 0.2) is 11.6 Å². The largest absolute Gasteiger partial charge is 0.494 e. The van der Waals surface area contributed by atoms with E-state index in [1.54, 1.807) is 6.07 Å². The van der Waals surface area contributed by atoms with Crippen LogP contribution in [0.4, 0.5) is 4.39 Å². The van der Waals surface area contributed by atoms with E-state index in [2.05, 4.69) is 12.2 Å². The van der Waals surface area contributed by atoms with E-state index < -0.39 is 0 Å². The van der Waals surface area contributed by atoms with Crippen LogP contribution in [0, 0.1) is 23.6 Å². The van der Waals surface area contributed by atoms with Crippen molar-refractivity contribution >= 4 is 0 Å². The molecule has 2 aliphatic carbocycles. The van der Waals surface area contributed by atoms with Crippen LogP contribution in [0.15, 0.2) is 18.2 Å². The molecule has 3 heteroatoms. The fourth-order valence-electron chi connectivity index (χ4n) is 4.53. The Kier molecular flexibility index (Phi) is 4.48. The van der Waals surface area contributed by atoms with Crippen molar-refractivity contribution in [3.8, 4) is 5.75 Å². The third-order valence-corrected chi connectivity index (χ3v) is 5.48. The third kappa shape index (κ3) is 2.94. The van der Waals surface area contributed by atoms with Gasteiger partial charge in [-0.3, -0.25) is 0 Å². The molecule has 2 saturated carbocycles. The molecule has 116 valence electrons. The van der Waals surface area contributed by atoms with Gasteiger partial charge in [-0.05, 0) is 61.6 Å². The lowest BCUT2D eigenvalue weighted by atomic mass is 9.81. The first-order valence-corrected chi connectivity index (χ1v) is 8.27. The molecular weight excluding hydrogens is 265 g/mol. The zero-order valence-corrected chi connectivity index (χ0v) is 13.1. The van der Waals surface area contributed by atoms with Crippen molar-refractivity contribution in [2.45, 2.75) is 45.1 Å². The topological polar surface area (TPSA) is 21.3 Å². The van der Waals surface area contributed by atoms with Crippen LogP contribution < -0.4 is 10.1 Å². The molecule has 1 aromatic rings. The Bertz CT molecular complexity index is 490. The van der Waals surface area contributed by atoms with Gasteiger partial charge in [-0.25, -0.2) is 4.39 Å². The highest BCUT2D eigenvalue weighted by Gasteiger charge is 2.42. The van der Waals surface area contributed by atoms with Crippen LogP contribution in [-0.2, 0) is 6.42 Å². The Morgan fingerprint density at radius 3 is 2.81 bits per heavy atom. The van der Waals surface area contributed by atoms with Crippen LogP contribution in [0.1, 0.15) is 38.2 Å². The molecule has 3 rings (SSSR count). The molecule has 0 saturated heterocycles. The number of fused-ring (bicyclic) bond motifs is 2. The van der Waals surface area contributed by atoms with Gasteiger partial charge in [-0.2, -0.15) is 0 Å². The summed E-state index contributed by atoms with van der Waals surface area (Å²) in [6, 6.07) is 5.88.